The number of carbonyl (C=O) groups is 2. The summed E-state index contributed by atoms with van der Waals surface area (Å²) in [7, 11) is 1.39. The van der Waals surface area contributed by atoms with Crippen molar-refractivity contribution >= 4 is 17.6 Å². The molecule has 2 aromatic rings. The van der Waals surface area contributed by atoms with Crippen LogP contribution < -0.4 is 5.32 Å². The first-order chi connectivity index (χ1) is 13.6. The summed E-state index contributed by atoms with van der Waals surface area (Å²) in [5, 5.41) is 3.10. The number of aryl methyl sites for hydroxylation is 2. The van der Waals surface area contributed by atoms with Gasteiger partial charge in [-0.25, -0.2) is 0 Å². The summed E-state index contributed by atoms with van der Waals surface area (Å²) in [5.41, 5.74) is 5.45. The zero-order chi connectivity index (χ0) is 20.1. The van der Waals surface area contributed by atoms with Crippen LogP contribution in [-0.2, 0) is 40.1 Å². The minimum atomic E-state index is -0.447. The lowest BCUT2D eigenvalue weighted by Gasteiger charge is -2.34. The van der Waals surface area contributed by atoms with E-state index in [0.29, 0.717) is 13.0 Å². The van der Waals surface area contributed by atoms with E-state index in [-0.39, 0.29) is 18.4 Å². The quantitative estimate of drug-likeness (QED) is 0.781. The lowest BCUT2D eigenvalue weighted by atomic mass is 9.94. The Morgan fingerprint density at radius 1 is 1.04 bits per heavy atom. The molecule has 0 saturated heterocycles. The molecule has 0 aromatic heterocycles. The fourth-order valence-corrected chi connectivity index (χ4v) is 3.88. The molecule has 0 aliphatic carbocycles. The molecule has 28 heavy (non-hydrogen) atoms. The van der Waals surface area contributed by atoms with Gasteiger partial charge < -0.3 is 10.1 Å². The topological polar surface area (TPSA) is 58.6 Å². The van der Waals surface area contributed by atoms with Gasteiger partial charge in [-0.15, -0.1) is 0 Å². The van der Waals surface area contributed by atoms with Crippen LogP contribution in [0.5, 0.6) is 0 Å². The molecule has 0 unspecified atom stereocenters. The highest BCUT2D eigenvalue weighted by atomic mass is 16.5. The summed E-state index contributed by atoms with van der Waals surface area (Å²) in [6.45, 7) is 4.87. The van der Waals surface area contributed by atoms with Gasteiger partial charge in [-0.05, 0) is 41.5 Å². The fourth-order valence-electron chi connectivity index (χ4n) is 3.88. The van der Waals surface area contributed by atoms with Crippen LogP contribution in [-0.4, -0.2) is 36.5 Å². The number of nitrogens with one attached hydrogen (secondary N) is 1. The molecule has 5 nitrogen and oxygen atoms in total. The second-order valence-corrected chi connectivity index (χ2v) is 7.12. The number of carbonyl (C=O) groups excluding carboxylic acids is 2. The van der Waals surface area contributed by atoms with Crippen LogP contribution in [0.15, 0.2) is 42.5 Å². The number of ether oxygens (including phenoxy) is 1. The third kappa shape index (κ3) is 4.25. The summed E-state index contributed by atoms with van der Waals surface area (Å²) in [6.07, 6.45) is 2.26. The van der Waals surface area contributed by atoms with Gasteiger partial charge >= 0.3 is 5.97 Å². The van der Waals surface area contributed by atoms with Crippen molar-refractivity contribution < 1.29 is 14.3 Å². The zero-order valence-corrected chi connectivity index (χ0v) is 16.8. The first-order valence-electron chi connectivity index (χ1n) is 9.86. The Bertz CT molecular complexity index is 840. The minimum absolute atomic E-state index is 0.108. The fraction of sp³-hybridized carbons (Fsp3) is 0.391. The molecule has 1 N–H and O–H groups in total. The predicted molar refractivity (Wildman–Crippen MR) is 110 cm³/mol. The molecule has 0 spiro atoms. The monoisotopic (exact) mass is 380 g/mol. The first kappa shape index (κ1) is 20.1. The molecule has 5 heteroatoms. The number of fused-ring (bicyclic) bond motifs is 1. The molecule has 1 atom stereocenters. The van der Waals surface area contributed by atoms with E-state index < -0.39 is 6.04 Å². The maximum absolute atomic E-state index is 12.9. The van der Waals surface area contributed by atoms with Crippen molar-refractivity contribution in [2.24, 2.45) is 0 Å². The van der Waals surface area contributed by atoms with Crippen molar-refractivity contribution in [1.82, 2.24) is 4.90 Å². The first-order valence-corrected chi connectivity index (χ1v) is 9.86. The number of anilines is 1. The van der Waals surface area contributed by atoms with Crippen molar-refractivity contribution in [2.75, 3.05) is 19.0 Å². The number of amides is 1. The number of hydrogen-bond acceptors (Lipinski definition) is 4. The molecule has 0 bridgehead atoms. The number of para-hydroxylation sites is 1. The Kier molecular flexibility index (Phi) is 6.47. The summed E-state index contributed by atoms with van der Waals surface area (Å²) in [6, 6.07) is 13.7. The summed E-state index contributed by atoms with van der Waals surface area (Å²) >= 11 is 0. The van der Waals surface area contributed by atoms with E-state index in [2.05, 4.69) is 25.2 Å². The van der Waals surface area contributed by atoms with Crippen molar-refractivity contribution in [2.45, 2.75) is 45.7 Å². The van der Waals surface area contributed by atoms with Gasteiger partial charge in [0.1, 0.15) is 6.04 Å². The van der Waals surface area contributed by atoms with Crippen LogP contribution >= 0.6 is 0 Å². The third-order valence-electron chi connectivity index (χ3n) is 5.43. The Labute approximate surface area is 166 Å². The van der Waals surface area contributed by atoms with Crippen molar-refractivity contribution in [1.29, 1.82) is 0 Å². The van der Waals surface area contributed by atoms with E-state index >= 15 is 0 Å². The summed E-state index contributed by atoms with van der Waals surface area (Å²) in [4.78, 5) is 27.1. The highest BCUT2D eigenvalue weighted by Gasteiger charge is 2.33. The lowest BCUT2D eigenvalue weighted by Crippen LogP contribution is -2.49. The molecule has 0 fully saturated rings. The standard InChI is InChI=1S/C23H28N2O3/c1-4-16-11-8-12-17(5-2)22(16)24-21(26)15-25-14-19-10-7-6-9-18(19)13-20(25)23(27)28-3/h6-12,20H,4-5,13-15H2,1-3H3,(H,24,26)/t20-/m0/s1. The van der Waals surface area contributed by atoms with Crippen LogP contribution in [0.1, 0.15) is 36.1 Å². The van der Waals surface area contributed by atoms with Crippen LogP contribution in [0.4, 0.5) is 5.69 Å². The molecule has 2 aromatic carbocycles. The molecule has 1 aliphatic rings. The molecule has 1 heterocycles. The Hall–Kier alpha value is -2.66. The van der Waals surface area contributed by atoms with Gasteiger partial charge in [-0.1, -0.05) is 56.3 Å². The summed E-state index contributed by atoms with van der Waals surface area (Å²) in [5.74, 6) is -0.408. The number of rotatable bonds is 6. The smallest absolute Gasteiger partial charge is 0.323 e. The van der Waals surface area contributed by atoms with Crippen LogP contribution in [0, 0.1) is 0 Å². The second-order valence-electron chi connectivity index (χ2n) is 7.12. The number of methoxy groups -OCH3 is 1. The van der Waals surface area contributed by atoms with E-state index in [0.717, 1.165) is 40.8 Å². The Morgan fingerprint density at radius 3 is 2.29 bits per heavy atom. The number of hydrogen-bond donors (Lipinski definition) is 1. The van der Waals surface area contributed by atoms with Crippen molar-refractivity contribution in [3.63, 3.8) is 0 Å². The van der Waals surface area contributed by atoms with Gasteiger partial charge in [0, 0.05) is 12.2 Å². The van der Waals surface area contributed by atoms with Crippen molar-refractivity contribution in [3.8, 4) is 0 Å². The molecule has 1 aliphatic heterocycles. The Morgan fingerprint density at radius 2 is 1.68 bits per heavy atom. The number of nitrogens with zero attached hydrogens (tertiary/aromatic N) is 1. The van der Waals surface area contributed by atoms with Gasteiger partial charge in [-0.3, -0.25) is 14.5 Å². The van der Waals surface area contributed by atoms with Gasteiger partial charge in [0.15, 0.2) is 0 Å². The van der Waals surface area contributed by atoms with Crippen LogP contribution in [0.3, 0.4) is 0 Å². The Balaban J connectivity index is 1.80. The van der Waals surface area contributed by atoms with E-state index in [1.54, 1.807) is 0 Å². The second kappa shape index (κ2) is 9.02. The van der Waals surface area contributed by atoms with Crippen LogP contribution in [0.2, 0.25) is 0 Å². The third-order valence-corrected chi connectivity index (χ3v) is 5.43. The maximum Gasteiger partial charge on any atom is 0.323 e. The van der Waals surface area contributed by atoms with Gasteiger partial charge in [-0.2, -0.15) is 0 Å². The lowest BCUT2D eigenvalue weighted by molar-refractivity contribution is -0.148. The van der Waals surface area contributed by atoms with E-state index in [9.17, 15) is 9.59 Å². The SMILES string of the molecule is CCc1cccc(CC)c1NC(=O)CN1Cc2ccccc2C[C@H]1C(=O)OC. The molecular formula is C23H28N2O3. The molecule has 3 rings (SSSR count). The largest absolute Gasteiger partial charge is 0.468 e. The molecule has 0 saturated carbocycles. The molecular weight excluding hydrogens is 352 g/mol. The highest BCUT2D eigenvalue weighted by Crippen LogP contribution is 2.25. The van der Waals surface area contributed by atoms with E-state index in [1.165, 1.54) is 7.11 Å². The molecule has 148 valence electrons. The predicted octanol–water partition coefficient (Wildman–Crippen LogP) is 3.35. The van der Waals surface area contributed by atoms with Gasteiger partial charge in [0.05, 0.1) is 13.7 Å². The normalized spacial score (nSPS) is 16.3. The van der Waals surface area contributed by atoms with Gasteiger partial charge in [0.25, 0.3) is 0 Å². The zero-order valence-electron chi connectivity index (χ0n) is 16.8. The maximum atomic E-state index is 12.9. The van der Waals surface area contributed by atoms with Gasteiger partial charge in [0.2, 0.25) is 5.91 Å². The molecule has 1 amide bonds. The van der Waals surface area contributed by atoms with E-state index in [1.807, 2.05) is 41.3 Å². The molecule has 0 radical (unpaired) electrons. The van der Waals surface area contributed by atoms with Crippen LogP contribution in [0.25, 0.3) is 0 Å². The van der Waals surface area contributed by atoms with Crippen molar-refractivity contribution in [3.05, 3.63) is 64.7 Å². The summed E-state index contributed by atoms with van der Waals surface area (Å²) < 4.78 is 5.00. The minimum Gasteiger partial charge on any atom is -0.468 e. The number of benzene rings is 2. The highest BCUT2D eigenvalue weighted by molar-refractivity contribution is 5.94. The van der Waals surface area contributed by atoms with E-state index in [4.69, 9.17) is 4.74 Å². The average molecular weight is 380 g/mol. The average Bonchev–Trinajstić information content (AvgIpc) is 2.72. The number of esters is 1.